The van der Waals surface area contributed by atoms with Gasteiger partial charge in [-0.15, -0.1) is 0 Å². The van der Waals surface area contributed by atoms with Crippen LogP contribution in [-0.4, -0.2) is 26.3 Å². The summed E-state index contributed by atoms with van der Waals surface area (Å²) < 4.78 is 0. The molecule has 0 aliphatic rings. The molecule has 0 radical (unpaired) electrons. The van der Waals surface area contributed by atoms with Gasteiger partial charge in [-0.05, 0) is 30.0 Å². The molecule has 0 amide bonds. The predicted octanol–water partition coefficient (Wildman–Crippen LogP) is 4.18. The smallest absolute Gasteiger partial charge is 0.318 e. The minimum atomic E-state index is -0.916. The fourth-order valence-corrected chi connectivity index (χ4v) is 2.29. The number of benzene rings is 2. The maximum Gasteiger partial charge on any atom is 0.318 e. The normalized spacial score (nSPS) is 12.2. The topological polar surface area (TPSA) is 139 Å². The van der Waals surface area contributed by atoms with Crippen LogP contribution < -0.4 is 0 Å². The van der Waals surface area contributed by atoms with Crippen LogP contribution >= 0.6 is 0 Å². The van der Waals surface area contributed by atoms with Gasteiger partial charge in [0.25, 0.3) is 5.69 Å². The second-order valence-corrected chi connectivity index (χ2v) is 5.73. The third-order valence-corrected chi connectivity index (χ3v) is 4.04. The van der Waals surface area contributed by atoms with Crippen molar-refractivity contribution in [2.75, 3.05) is 0 Å². The van der Waals surface area contributed by atoms with Gasteiger partial charge >= 0.3 is 5.69 Å². The van der Waals surface area contributed by atoms with Crippen molar-refractivity contribution in [3.05, 3.63) is 61.7 Å². The van der Waals surface area contributed by atoms with Gasteiger partial charge in [0.15, 0.2) is 0 Å². The van der Waals surface area contributed by atoms with Crippen molar-refractivity contribution in [1.29, 1.82) is 0 Å². The Hall–Kier alpha value is -3.49. The maximum absolute atomic E-state index is 11.0. The van der Waals surface area contributed by atoms with E-state index in [0.29, 0.717) is 6.07 Å². The number of phenols is 2. The molecule has 2 aromatic rings. The second kappa shape index (κ2) is 7.60. The second-order valence-electron chi connectivity index (χ2n) is 5.73. The molecule has 26 heavy (non-hydrogen) atoms. The van der Waals surface area contributed by atoms with Crippen molar-refractivity contribution in [2.45, 2.75) is 26.2 Å². The fraction of sp³-hybridized carbons (Fsp3) is 0.235. The van der Waals surface area contributed by atoms with E-state index in [1.54, 1.807) is 12.1 Å². The molecule has 2 rings (SSSR count). The number of aromatic hydroxyl groups is 2. The molecule has 0 heterocycles. The molecule has 2 aromatic carbocycles. The maximum atomic E-state index is 11.0. The van der Waals surface area contributed by atoms with Crippen LogP contribution in [0.4, 0.5) is 17.1 Å². The van der Waals surface area contributed by atoms with E-state index in [2.05, 4.69) is 4.99 Å². The Morgan fingerprint density at radius 1 is 1.15 bits per heavy atom. The van der Waals surface area contributed by atoms with Crippen LogP contribution in [0.1, 0.15) is 37.3 Å². The lowest BCUT2D eigenvalue weighted by molar-refractivity contribution is -0.394. The first-order chi connectivity index (χ1) is 12.2. The first-order valence-corrected chi connectivity index (χ1v) is 7.77. The zero-order chi connectivity index (χ0) is 19.4. The average Bonchev–Trinajstić information content (AvgIpc) is 2.60. The van der Waals surface area contributed by atoms with E-state index in [4.69, 9.17) is 0 Å². The molecule has 136 valence electrons. The summed E-state index contributed by atoms with van der Waals surface area (Å²) in [6.45, 7) is 4.02. The lowest BCUT2D eigenvalue weighted by atomic mass is 9.98. The highest BCUT2D eigenvalue weighted by Crippen LogP contribution is 2.35. The number of nitrogens with zero attached hydrogens (tertiary/aromatic N) is 3. The Morgan fingerprint density at radius 2 is 1.85 bits per heavy atom. The van der Waals surface area contributed by atoms with E-state index < -0.39 is 27.0 Å². The molecule has 0 saturated heterocycles. The number of phenolic OH excluding ortho intramolecular Hbond substituents is 2. The molecular weight excluding hydrogens is 342 g/mol. The van der Waals surface area contributed by atoms with Crippen LogP contribution in [0.2, 0.25) is 0 Å². The third kappa shape index (κ3) is 3.94. The number of aliphatic imine (C=N–C) groups is 1. The van der Waals surface area contributed by atoms with Crippen LogP contribution in [0.5, 0.6) is 11.5 Å². The summed E-state index contributed by atoms with van der Waals surface area (Å²) in [7, 11) is 0. The molecule has 0 saturated carbocycles. The van der Waals surface area contributed by atoms with Gasteiger partial charge < -0.3 is 10.2 Å². The van der Waals surface area contributed by atoms with Gasteiger partial charge in [0, 0.05) is 17.8 Å². The molecule has 2 N–H and O–H groups in total. The standard InChI is InChI=1S/C17H17N3O6/c1-3-10(2)11-4-5-16(21)14(7-11)18-9-12-6-13(19(23)24)8-15(17(12)22)20(25)26/h4-10,21-22H,3H2,1-2H3. The van der Waals surface area contributed by atoms with Crippen molar-refractivity contribution < 1.29 is 20.1 Å². The Balaban J connectivity index is 2.51. The molecule has 0 fully saturated rings. The van der Waals surface area contributed by atoms with E-state index >= 15 is 0 Å². The molecule has 0 bridgehead atoms. The van der Waals surface area contributed by atoms with Gasteiger partial charge in [-0.1, -0.05) is 19.9 Å². The van der Waals surface area contributed by atoms with Crippen LogP contribution in [0.3, 0.4) is 0 Å². The van der Waals surface area contributed by atoms with Crippen LogP contribution in [0.25, 0.3) is 0 Å². The van der Waals surface area contributed by atoms with Crippen molar-refractivity contribution in [3.8, 4) is 11.5 Å². The van der Waals surface area contributed by atoms with Crippen LogP contribution in [0, 0.1) is 20.2 Å². The van der Waals surface area contributed by atoms with E-state index in [-0.39, 0.29) is 22.9 Å². The number of rotatable bonds is 6. The molecule has 0 aromatic heterocycles. The average molecular weight is 359 g/mol. The number of hydrogen-bond donors (Lipinski definition) is 2. The van der Waals surface area contributed by atoms with Crippen LogP contribution in [-0.2, 0) is 0 Å². The lowest BCUT2D eigenvalue weighted by Crippen LogP contribution is -1.96. The van der Waals surface area contributed by atoms with Gasteiger partial charge in [-0.3, -0.25) is 25.2 Å². The summed E-state index contributed by atoms with van der Waals surface area (Å²) in [5.41, 5.74) is -0.408. The Bertz CT molecular complexity index is 894. The highest BCUT2D eigenvalue weighted by Gasteiger charge is 2.23. The minimum Gasteiger partial charge on any atom is -0.506 e. The summed E-state index contributed by atoms with van der Waals surface area (Å²) in [6.07, 6.45) is 1.93. The molecule has 0 aliphatic heterocycles. The first-order valence-electron chi connectivity index (χ1n) is 7.77. The van der Waals surface area contributed by atoms with Gasteiger partial charge in [-0.2, -0.15) is 0 Å². The molecule has 0 spiro atoms. The number of hydrogen-bond acceptors (Lipinski definition) is 7. The zero-order valence-corrected chi connectivity index (χ0v) is 14.1. The van der Waals surface area contributed by atoms with Crippen molar-refractivity contribution in [3.63, 3.8) is 0 Å². The molecule has 0 aliphatic carbocycles. The van der Waals surface area contributed by atoms with Gasteiger partial charge in [-0.25, -0.2) is 0 Å². The summed E-state index contributed by atoms with van der Waals surface area (Å²) in [5.74, 6) is -0.619. The Labute approximate surface area is 148 Å². The summed E-state index contributed by atoms with van der Waals surface area (Å²) in [5, 5.41) is 41.8. The fourth-order valence-electron chi connectivity index (χ4n) is 2.29. The largest absolute Gasteiger partial charge is 0.506 e. The SMILES string of the molecule is CCC(C)c1ccc(O)c(N=Cc2cc([N+](=O)[O-])cc([N+](=O)[O-])c2O)c1. The predicted molar refractivity (Wildman–Crippen MR) is 95.5 cm³/mol. The zero-order valence-electron chi connectivity index (χ0n) is 14.1. The summed E-state index contributed by atoms with van der Waals surface area (Å²) in [4.78, 5) is 24.2. The van der Waals surface area contributed by atoms with Gasteiger partial charge in [0.2, 0.25) is 5.75 Å². The minimum absolute atomic E-state index is 0.118. The molecule has 1 atom stereocenters. The quantitative estimate of drug-likeness (QED) is 0.450. The molecular formula is C17H17N3O6. The van der Waals surface area contributed by atoms with Crippen molar-refractivity contribution in [2.24, 2.45) is 4.99 Å². The monoisotopic (exact) mass is 359 g/mol. The van der Waals surface area contributed by atoms with E-state index in [1.165, 1.54) is 6.07 Å². The number of nitro groups is 2. The van der Waals surface area contributed by atoms with Gasteiger partial charge in [0.1, 0.15) is 11.4 Å². The number of non-ortho nitro benzene ring substituents is 1. The molecule has 1 unspecified atom stereocenters. The first kappa shape index (κ1) is 18.8. The number of nitro benzene ring substituents is 2. The Morgan fingerprint density at radius 3 is 2.42 bits per heavy atom. The highest BCUT2D eigenvalue weighted by molar-refractivity contribution is 5.89. The van der Waals surface area contributed by atoms with Crippen molar-refractivity contribution >= 4 is 23.3 Å². The third-order valence-electron chi connectivity index (χ3n) is 4.04. The highest BCUT2D eigenvalue weighted by atomic mass is 16.6. The van der Waals surface area contributed by atoms with E-state index in [9.17, 15) is 30.4 Å². The van der Waals surface area contributed by atoms with E-state index in [1.807, 2.05) is 13.8 Å². The van der Waals surface area contributed by atoms with Crippen molar-refractivity contribution in [1.82, 2.24) is 0 Å². The summed E-state index contributed by atoms with van der Waals surface area (Å²) in [6, 6.07) is 6.54. The summed E-state index contributed by atoms with van der Waals surface area (Å²) >= 11 is 0. The van der Waals surface area contributed by atoms with E-state index in [0.717, 1.165) is 24.3 Å². The molecule has 9 heteroatoms. The Kier molecular flexibility index (Phi) is 5.51. The molecule has 9 nitrogen and oxygen atoms in total. The lowest BCUT2D eigenvalue weighted by Gasteiger charge is -2.10. The van der Waals surface area contributed by atoms with Gasteiger partial charge in [0.05, 0.1) is 15.9 Å². The van der Waals surface area contributed by atoms with Crippen LogP contribution in [0.15, 0.2) is 35.3 Å².